The zero-order valence-electron chi connectivity index (χ0n) is 12.2. The van der Waals surface area contributed by atoms with Crippen LogP contribution in [0.25, 0.3) is 0 Å². The van der Waals surface area contributed by atoms with Gasteiger partial charge in [0.15, 0.2) is 6.61 Å². The number of nitriles is 1. The zero-order chi connectivity index (χ0) is 15.7. The molecule has 6 heteroatoms. The largest absolute Gasteiger partial charge is 0.484 e. The van der Waals surface area contributed by atoms with Crippen LogP contribution >= 0.6 is 0 Å². The molecular formula is C15H19N3O3. The standard InChI is InChI=1S/C15H19N3O3/c1-3-8-17-15(20)11(2)18-14(19)10-21-13-6-4-12(9-16)5-7-13/h4-7,11H,3,8,10H2,1-2H3,(H,17,20)(H,18,19). The van der Waals surface area contributed by atoms with Gasteiger partial charge in [-0.2, -0.15) is 5.26 Å². The molecule has 6 nitrogen and oxygen atoms in total. The Kier molecular flexibility index (Phi) is 6.75. The van der Waals surface area contributed by atoms with Crippen molar-refractivity contribution in [2.45, 2.75) is 26.3 Å². The van der Waals surface area contributed by atoms with E-state index in [9.17, 15) is 9.59 Å². The van der Waals surface area contributed by atoms with Crippen molar-refractivity contribution in [2.24, 2.45) is 0 Å². The Hall–Kier alpha value is -2.55. The molecule has 1 unspecified atom stereocenters. The van der Waals surface area contributed by atoms with Crippen molar-refractivity contribution < 1.29 is 14.3 Å². The normalized spacial score (nSPS) is 11.1. The molecule has 1 aromatic carbocycles. The lowest BCUT2D eigenvalue weighted by molar-refractivity contribution is -0.129. The van der Waals surface area contributed by atoms with E-state index in [0.717, 1.165) is 6.42 Å². The maximum Gasteiger partial charge on any atom is 0.258 e. The number of hydrogen-bond donors (Lipinski definition) is 2. The molecule has 0 aliphatic heterocycles. The number of carbonyl (C=O) groups excluding carboxylic acids is 2. The summed E-state index contributed by atoms with van der Waals surface area (Å²) in [5.41, 5.74) is 0.521. The second-order valence-electron chi connectivity index (χ2n) is 4.51. The predicted molar refractivity (Wildman–Crippen MR) is 77.6 cm³/mol. The van der Waals surface area contributed by atoms with Gasteiger partial charge < -0.3 is 15.4 Å². The summed E-state index contributed by atoms with van der Waals surface area (Å²) in [4.78, 5) is 23.2. The van der Waals surface area contributed by atoms with Crippen molar-refractivity contribution in [3.8, 4) is 11.8 Å². The van der Waals surface area contributed by atoms with Crippen molar-refractivity contribution in [3.05, 3.63) is 29.8 Å². The highest BCUT2D eigenvalue weighted by Crippen LogP contribution is 2.11. The first kappa shape index (κ1) is 16.5. The van der Waals surface area contributed by atoms with Gasteiger partial charge in [0.1, 0.15) is 11.8 Å². The number of rotatable bonds is 7. The molecule has 0 fully saturated rings. The van der Waals surface area contributed by atoms with E-state index in [-0.39, 0.29) is 18.4 Å². The molecule has 0 spiro atoms. The summed E-state index contributed by atoms with van der Waals surface area (Å²) in [6, 6.07) is 7.83. The molecule has 1 aromatic rings. The molecule has 0 aliphatic carbocycles. The van der Waals surface area contributed by atoms with Gasteiger partial charge in [-0.25, -0.2) is 0 Å². The van der Waals surface area contributed by atoms with Crippen LogP contribution in [0.1, 0.15) is 25.8 Å². The van der Waals surface area contributed by atoms with Crippen LogP contribution < -0.4 is 15.4 Å². The van der Waals surface area contributed by atoms with Crippen molar-refractivity contribution in [2.75, 3.05) is 13.2 Å². The summed E-state index contributed by atoms with van der Waals surface area (Å²) in [5.74, 6) is -0.102. The smallest absolute Gasteiger partial charge is 0.258 e. The van der Waals surface area contributed by atoms with Gasteiger partial charge in [0.2, 0.25) is 5.91 Å². The number of benzene rings is 1. The number of carbonyl (C=O) groups is 2. The van der Waals surface area contributed by atoms with Crippen LogP contribution in [-0.4, -0.2) is 31.0 Å². The van der Waals surface area contributed by atoms with E-state index in [1.807, 2.05) is 13.0 Å². The number of nitrogens with one attached hydrogen (secondary N) is 2. The predicted octanol–water partition coefficient (Wildman–Crippen LogP) is 0.968. The van der Waals surface area contributed by atoms with Crippen molar-refractivity contribution in [1.82, 2.24) is 10.6 Å². The molecular weight excluding hydrogens is 270 g/mol. The van der Waals surface area contributed by atoms with Crippen LogP contribution in [0, 0.1) is 11.3 Å². The van der Waals surface area contributed by atoms with E-state index in [1.165, 1.54) is 0 Å². The number of ether oxygens (including phenoxy) is 1. The molecule has 0 saturated heterocycles. The fourth-order valence-corrected chi connectivity index (χ4v) is 1.52. The highest BCUT2D eigenvalue weighted by Gasteiger charge is 2.14. The molecule has 2 N–H and O–H groups in total. The van der Waals surface area contributed by atoms with Crippen LogP contribution in [0.2, 0.25) is 0 Å². The Morgan fingerprint density at radius 1 is 1.33 bits per heavy atom. The number of hydrogen-bond acceptors (Lipinski definition) is 4. The molecule has 2 amide bonds. The van der Waals surface area contributed by atoms with Crippen LogP contribution in [-0.2, 0) is 9.59 Å². The molecule has 1 atom stereocenters. The number of nitrogens with zero attached hydrogens (tertiary/aromatic N) is 1. The molecule has 1 rings (SSSR count). The van der Waals surface area contributed by atoms with Crippen molar-refractivity contribution in [3.63, 3.8) is 0 Å². The van der Waals surface area contributed by atoms with E-state index in [0.29, 0.717) is 17.9 Å². The van der Waals surface area contributed by atoms with Gasteiger partial charge in [-0.05, 0) is 37.6 Å². The van der Waals surface area contributed by atoms with Crippen LogP contribution in [0.3, 0.4) is 0 Å². The lowest BCUT2D eigenvalue weighted by Gasteiger charge is -2.14. The van der Waals surface area contributed by atoms with Gasteiger partial charge in [0.25, 0.3) is 5.91 Å². The Morgan fingerprint density at radius 2 is 2.00 bits per heavy atom. The lowest BCUT2D eigenvalue weighted by atomic mass is 10.2. The lowest BCUT2D eigenvalue weighted by Crippen LogP contribution is -2.46. The van der Waals surface area contributed by atoms with Gasteiger partial charge in [-0.15, -0.1) is 0 Å². The second-order valence-corrected chi connectivity index (χ2v) is 4.51. The molecule has 0 aliphatic rings. The Labute approximate surface area is 124 Å². The topological polar surface area (TPSA) is 91.2 Å². The van der Waals surface area contributed by atoms with Gasteiger partial charge >= 0.3 is 0 Å². The minimum Gasteiger partial charge on any atom is -0.484 e. The third-order valence-electron chi connectivity index (χ3n) is 2.67. The monoisotopic (exact) mass is 289 g/mol. The minimum atomic E-state index is -0.603. The quantitative estimate of drug-likeness (QED) is 0.782. The van der Waals surface area contributed by atoms with Gasteiger partial charge in [-0.1, -0.05) is 6.92 Å². The van der Waals surface area contributed by atoms with Gasteiger partial charge in [-0.3, -0.25) is 9.59 Å². The first-order valence-electron chi connectivity index (χ1n) is 6.76. The fraction of sp³-hybridized carbons (Fsp3) is 0.400. The maximum absolute atomic E-state index is 11.7. The fourth-order valence-electron chi connectivity index (χ4n) is 1.52. The summed E-state index contributed by atoms with van der Waals surface area (Å²) in [6.45, 7) is 3.97. The minimum absolute atomic E-state index is 0.183. The number of amides is 2. The average molecular weight is 289 g/mol. The third-order valence-corrected chi connectivity index (χ3v) is 2.67. The average Bonchev–Trinajstić information content (AvgIpc) is 2.50. The molecule has 0 aromatic heterocycles. The summed E-state index contributed by atoms with van der Waals surface area (Å²) in [5, 5.41) is 13.9. The Bertz CT molecular complexity index is 520. The van der Waals surface area contributed by atoms with E-state index in [1.54, 1.807) is 31.2 Å². The van der Waals surface area contributed by atoms with Crippen LogP contribution in [0.4, 0.5) is 0 Å². The molecule has 0 heterocycles. The van der Waals surface area contributed by atoms with Gasteiger partial charge in [0.05, 0.1) is 11.6 Å². The SMILES string of the molecule is CCCNC(=O)C(C)NC(=O)COc1ccc(C#N)cc1. The molecule has 0 saturated carbocycles. The zero-order valence-corrected chi connectivity index (χ0v) is 12.2. The Balaban J connectivity index is 2.36. The first-order chi connectivity index (χ1) is 10.1. The summed E-state index contributed by atoms with van der Waals surface area (Å²) >= 11 is 0. The van der Waals surface area contributed by atoms with E-state index >= 15 is 0 Å². The summed E-state index contributed by atoms with van der Waals surface area (Å²) in [7, 11) is 0. The van der Waals surface area contributed by atoms with Crippen molar-refractivity contribution in [1.29, 1.82) is 5.26 Å². The highest BCUT2D eigenvalue weighted by molar-refractivity contribution is 5.87. The maximum atomic E-state index is 11.7. The Morgan fingerprint density at radius 3 is 2.57 bits per heavy atom. The first-order valence-corrected chi connectivity index (χ1v) is 6.76. The van der Waals surface area contributed by atoms with Crippen molar-refractivity contribution >= 4 is 11.8 Å². The van der Waals surface area contributed by atoms with Gasteiger partial charge in [0, 0.05) is 6.54 Å². The second kappa shape index (κ2) is 8.59. The molecule has 21 heavy (non-hydrogen) atoms. The third kappa shape index (κ3) is 5.95. The molecule has 0 bridgehead atoms. The van der Waals surface area contributed by atoms with Crippen LogP contribution in [0.5, 0.6) is 5.75 Å². The summed E-state index contributed by atoms with van der Waals surface area (Å²) < 4.78 is 5.28. The molecule has 112 valence electrons. The summed E-state index contributed by atoms with van der Waals surface area (Å²) in [6.07, 6.45) is 0.841. The van der Waals surface area contributed by atoms with E-state index < -0.39 is 6.04 Å². The van der Waals surface area contributed by atoms with Crippen LogP contribution in [0.15, 0.2) is 24.3 Å². The molecule has 0 radical (unpaired) electrons. The van der Waals surface area contributed by atoms with E-state index in [4.69, 9.17) is 10.00 Å². The highest BCUT2D eigenvalue weighted by atomic mass is 16.5. The van der Waals surface area contributed by atoms with E-state index in [2.05, 4.69) is 10.6 Å².